The van der Waals surface area contributed by atoms with Gasteiger partial charge >= 0.3 is 0 Å². The predicted octanol–water partition coefficient (Wildman–Crippen LogP) is 4.04. The van der Waals surface area contributed by atoms with E-state index in [1.54, 1.807) is 18.2 Å². The SMILES string of the molecule is O=C(CSc1nnc(-c2ccccc2F)n1CCc1ccccc1)N1CCCC1. The summed E-state index contributed by atoms with van der Waals surface area (Å²) in [4.78, 5) is 14.3. The van der Waals surface area contributed by atoms with E-state index in [0.717, 1.165) is 32.4 Å². The molecule has 1 aliphatic rings. The van der Waals surface area contributed by atoms with Crippen molar-refractivity contribution in [3.63, 3.8) is 0 Å². The molecular weight excluding hydrogens is 387 g/mol. The summed E-state index contributed by atoms with van der Waals surface area (Å²) in [5, 5.41) is 9.19. The zero-order valence-corrected chi connectivity index (χ0v) is 16.9. The van der Waals surface area contributed by atoms with Gasteiger partial charge < -0.3 is 9.47 Å². The van der Waals surface area contributed by atoms with Gasteiger partial charge in [-0.2, -0.15) is 0 Å². The summed E-state index contributed by atoms with van der Waals surface area (Å²) in [5.74, 6) is 0.610. The van der Waals surface area contributed by atoms with Gasteiger partial charge in [0, 0.05) is 19.6 Å². The largest absolute Gasteiger partial charge is 0.342 e. The van der Waals surface area contributed by atoms with E-state index in [1.165, 1.54) is 23.4 Å². The topological polar surface area (TPSA) is 51.0 Å². The van der Waals surface area contributed by atoms with Crippen LogP contribution in [0.25, 0.3) is 11.4 Å². The number of hydrogen-bond acceptors (Lipinski definition) is 4. The fourth-order valence-corrected chi connectivity index (χ4v) is 4.38. The Kier molecular flexibility index (Phi) is 6.24. The van der Waals surface area contributed by atoms with E-state index in [2.05, 4.69) is 22.3 Å². The second kappa shape index (κ2) is 9.22. The van der Waals surface area contributed by atoms with Gasteiger partial charge in [-0.1, -0.05) is 54.2 Å². The smallest absolute Gasteiger partial charge is 0.233 e. The number of aryl methyl sites for hydroxylation is 1. The lowest BCUT2D eigenvalue weighted by atomic mass is 10.1. The maximum absolute atomic E-state index is 14.4. The number of aromatic nitrogens is 3. The summed E-state index contributed by atoms with van der Waals surface area (Å²) < 4.78 is 16.3. The van der Waals surface area contributed by atoms with Gasteiger partial charge in [0.15, 0.2) is 11.0 Å². The number of carbonyl (C=O) groups excluding carboxylic acids is 1. The van der Waals surface area contributed by atoms with Crippen LogP contribution in [0.1, 0.15) is 18.4 Å². The molecule has 0 unspecified atom stereocenters. The predicted molar refractivity (Wildman–Crippen MR) is 112 cm³/mol. The number of benzene rings is 2. The number of rotatable bonds is 7. The van der Waals surface area contributed by atoms with E-state index in [9.17, 15) is 9.18 Å². The molecule has 1 aromatic heterocycles. The van der Waals surface area contributed by atoms with Crippen molar-refractivity contribution in [1.29, 1.82) is 0 Å². The first-order valence-electron chi connectivity index (χ1n) is 9.85. The zero-order chi connectivity index (χ0) is 20.1. The average molecular weight is 411 g/mol. The molecule has 0 aliphatic carbocycles. The molecule has 5 nitrogen and oxygen atoms in total. The highest BCUT2D eigenvalue weighted by Gasteiger charge is 2.21. The standard InChI is InChI=1S/C22H23FN4OS/c23-19-11-5-4-10-18(19)21-24-25-22(29-16-20(28)26-13-6-7-14-26)27(21)15-12-17-8-2-1-3-9-17/h1-5,8-11H,6-7,12-16H2. The van der Waals surface area contributed by atoms with Crippen molar-refractivity contribution in [2.45, 2.75) is 31.0 Å². The first kappa shape index (κ1) is 19.6. The van der Waals surface area contributed by atoms with Crippen LogP contribution in [0, 0.1) is 5.82 Å². The van der Waals surface area contributed by atoms with Gasteiger partial charge in [-0.25, -0.2) is 4.39 Å². The molecule has 0 N–H and O–H groups in total. The number of likely N-dealkylation sites (tertiary alicyclic amines) is 1. The molecule has 1 aliphatic heterocycles. The normalized spacial score (nSPS) is 13.8. The van der Waals surface area contributed by atoms with Crippen LogP contribution in [0.5, 0.6) is 0 Å². The summed E-state index contributed by atoms with van der Waals surface area (Å²) in [7, 11) is 0. The fraction of sp³-hybridized carbons (Fsp3) is 0.318. The number of thioether (sulfide) groups is 1. The van der Waals surface area contributed by atoms with E-state index in [0.29, 0.717) is 28.8 Å². The van der Waals surface area contributed by atoms with Gasteiger partial charge in [-0.3, -0.25) is 4.79 Å². The van der Waals surface area contributed by atoms with Gasteiger partial charge in [0.05, 0.1) is 11.3 Å². The molecule has 2 heterocycles. The van der Waals surface area contributed by atoms with Crippen molar-refractivity contribution < 1.29 is 9.18 Å². The van der Waals surface area contributed by atoms with Gasteiger partial charge in [0.25, 0.3) is 0 Å². The second-order valence-corrected chi connectivity index (χ2v) is 7.99. The molecule has 1 fully saturated rings. The number of amides is 1. The van der Waals surface area contributed by atoms with Crippen LogP contribution in [-0.2, 0) is 17.8 Å². The van der Waals surface area contributed by atoms with E-state index < -0.39 is 0 Å². The highest BCUT2D eigenvalue weighted by Crippen LogP contribution is 2.27. The van der Waals surface area contributed by atoms with Crippen LogP contribution in [0.4, 0.5) is 4.39 Å². The minimum Gasteiger partial charge on any atom is -0.342 e. The monoisotopic (exact) mass is 410 g/mol. The molecule has 0 bridgehead atoms. The fourth-order valence-electron chi connectivity index (χ4n) is 3.51. The minimum absolute atomic E-state index is 0.123. The molecule has 29 heavy (non-hydrogen) atoms. The molecule has 150 valence electrons. The van der Waals surface area contributed by atoms with Crippen molar-refractivity contribution in [1.82, 2.24) is 19.7 Å². The van der Waals surface area contributed by atoms with Crippen LogP contribution in [-0.4, -0.2) is 44.4 Å². The molecular formula is C22H23FN4OS. The van der Waals surface area contributed by atoms with Crippen molar-refractivity contribution >= 4 is 17.7 Å². The Morgan fingerprint density at radius 1 is 1.00 bits per heavy atom. The van der Waals surface area contributed by atoms with Crippen LogP contribution in [0.3, 0.4) is 0 Å². The molecule has 7 heteroatoms. The second-order valence-electron chi connectivity index (χ2n) is 7.05. The molecule has 0 radical (unpaired) electrons. The van der Waals surface area contributed by atoms with E-state index in [4.69, 9.17) is 0 Å². The summed E-state index contributed by atoms with van der Waals surface area (Å²) in [6.07, 6.45) is 2.91. The van der Waals surface area contributed by atoms with Crippen molar-refractivity contribution in [3.8, 4) is 11.4 Å². The quantitative estimate of drug-likeness (QED) is 0.552. The van der Waals surface area contributed by atoms with Gasteiger partial charge in [0.1, 0.15) is 5.82 Å². The Bertz CT molecular complexity index is 970. The Hall–Kier alpha value is -2.67. The summed E-state index contributed by atoms with van der Waals surface area (Å²) in [6, 6.07) is 16.7. The molecule has 0 saturated carbocycles. The van der Waals surface area contributed by atoms with Crippen LogP contribution in [0.2, 0.25) is 0 Å². The molecule has 0 atom stereocenters. The maximum Gasteiger partial charge on any atom is 0.233 e. The van der Waals surface area contributed by atoms with E-state index in [1.807, 2.05) is 27.7 Å². The lowest BCUT2D eigenvalue weighted by Crippen LogP contribution is -2.29. The lowest BCUT2D eigenvalue weighted by molar-refractivity contribution is -0.127. The Labute approximate surface area is 173 Å². The summed E-state index contributed by atoms with van der Waals surface area (Å²) in [6.45, 7) is 2.28. The van der Waals surface area contributed by atoms with Crippen molar-refractivity contribution in [2.75, 3.05) is 18.8 Å². The Morgan fingerprint density at radius 2 is 1.72 bits per heavy atom. The van der Waals surface area contributed by atoms with Gasteiger partial charge in [-0.15, -0.1) is 10.2 Å². The van der Waals surface area contributed by atoms with Crippen molar-refractivity contribution in [3.05, 3.63) is 66.0 Å². The third-order valence-corrected chi connectivity index (χ3v) is 6.03. The highest BCUT2D eigenvalue weighted by molar-refractivity contribution is 7.99. The molecule has 1 saturated heterocycles. The van der Waals surface area contributed by atoms with Crippen LogP contribution >= 0.6 is 11.8 Å². The lowest BCUT2D eigenvalue weighted by Gasteiger charge is -2.15. The molecule has 3 aromatic rings. The van der Waals surface area contributed by atoms with Crippen molar-refractivity contribution in [2.24, 2.45) is 0 Å². The number of halogens is 1. The third-order valence-electron chi connectivity index (χ3n) is 5.08. The molecule has 4 rings (SSSR count). The number of hydrogen-bond donors (Lipinski definition) is 0. The summed E-state index contributed by atoms with van der Waals surface area (Å²) >= 11 is 1.37. The Morgan fingerprint density at radius 3 is 2.48 bits per heavy atom. The average Bonchev–Trinajstić information content (AvgIpc) is 3.42. The first-order chi connectivity index (χ1) is 14.2. The molecule has 1 amide bonds. The van der Waals surface area contributed by atoms with Gasteiger partial charge in [-0.05, 0) is 37.0 Å². The zero-order valence-electron chi connectivity index (χ0n) is 16.1. The van der Waals surface area contributed by atoms with Gasteiger partial charge in [0.2, 0.25) is 5.91 Å². The van der Waals surface area contributed by atoms with E-state index in [-0.39, 0.29) is 11.7 Å². The summed E-state index contributed by atoms with van der Waals surface area (Å²) in [5.41, 5.74) is 1.61. The highest BCUT2D eigenvalue weighted by atomic mass is 32.2. The van der Waals surface area contributed by atoms with Crippen LogP contribution in [0.15, 0.2) is 59.8 Å². The Balaban J connectivity index is 1.56. The minimum atomic E-state index is -0.328. The number of carbonyl (C=O) groups is 1. The third kappa shape index (κ3) is 4.67. The first-order valence-corrected chi connectivity index (χ1v) is 10.8. The number of nitrogens with zero attached hydrogens (tertiary/aromatic N) is 4. The molecule has 2 aromatic carbocycles. The molecule has 0 spiro atoms. The maximum atomic E-state index is 14.4. The van der Waals surface area contributed by atoms with Crippen LogP contribution < -0.4 is 0 Å². The van der Waals surface area contributed by atoms with E-state index >= 15 is 0 Å².